The highest BCUT2D eigenvalue weighted by atomic mass is 16.6. The van der Waals surface area contributed by atoms with E-state index < -0.39 is 5.97 Å². The molecule has 3 aromatic rings. The van der Waals surface area contributed by atoms with Gasteiger partial charge in [0.1, 0.15) is 0 Å². The summed E-state index contributed by atoms with van der Waals surface area (Å²) in [5, 5.41) is 3.91. The van der Waals surface area contributed by atoms with Gasteiger partial charge in [-0.25, -0.2) is 10.2 Å². The zero-order chi connectivity index (χ0) is 19.8. The molecular weight excluding hydrogens is 360 g/mol. The lowest BCUT2D eigenvalue weighted by atomic mass is 10.2. The first-order valence-electron chi connectivity index (χ1n) is 8.21. The van der Waals surface area contributed by atoms with E-state index in [9.17, 15) is 9.59 Å². The summed E-state index contributed by atoms with van der Waals surface area (Å²) in [7, 11) is 1.46. The van der Waals surface area contributed by atoms with Gasteiger partial charge < -0.3 is 9.47 Å². The molecule has 28 heavy (non-hydrogen) atoms. The van der Waals surface area contributed by atoms with E-state index in [0.717, 1.165) is 0 Å². The predicted molar refractivity (Wildman–Crippen MR) is 101 cm³/mol. The minimum absolute atomic E-state index is 0.257. The van der Waals surface area contributed by atoms with Crippen molar-refractivity contribution in [3.05, 3.63) is 83.9 Å². The second-order valence-corrected chi connectivity index (χ2v) is 5.48. The van der Waals surface area contributed by atoms with Gasteiger partial charge in [-0.3, -0.25) is 14.8 Å². The fraction of sp³-hybridized carbons (Fsp3) is 0.0500. The number of nitrogens with one attached hydrogen (secondary N) is 1. The van der Waals surface area contributed by atoms with Crippen LogP contribution < -0.4 is 14.9 Å². The summed E-state index contributed by atoms with van der Waals surface area (Å²) in [4.78, 5) is 31.8. The Morgan fingerprint density at radius 2 is 1.71 bits per heavy atom. The number of methoxy groups -OCH3 is 1. The highest BCUT2D eigenvalue weighted by molar-refractivity contribution is 5.94. The van der Waals surface area contributed by atoms with Crippen LogP contribution in [0.2, 0.25) is 0 Å². The lowest BCUT2D eigenvalue weighted by Crippen LogP contribution is -2.17. The number of carbonyl (C=O) groups excluding carboxylic acids is 2. The Bertz CT molecular complexity index is 992. The minimum Gasteiger partial charge on any atom is -0.493 e. The Kier molecular flexibility index (Phi) is 6.04. The monoisotopic (exact) mass is 376 g/mol. The fourth-order valence-electron chi connectivity index (χ4n) is 2.22. The van der Waals surface area contributed by atoms with Crippen molar-refractivity contribution >= 4 is 18.1 Å². The average molecular weight is 376 g/mol. The number of pyridine rings is 2. The molecule has 0 fully saturated rings. The topological polar surface area (TPSA) is 103 Å². The number of hydrogen-bond donors (Lipinski definition) is 1. The number of hydrazone groups is 1. The van der Waals surface area contributed by atoms with Crippen molar-refractivity contribution in [1.29, 1.82) is 0 Å². The van der Waals surface area contributed by atoms with Crippen LogP contribution in [0.4, 0.5) is 0 Å². The molecule has 0 aliphatic carbocycles. The zero-order valence-electron chi connectivity index (χ0n) is 14.9. The van der Waals surface area contributed by atoms with E-state index in [1.165, 1.54) is 25.7 Å². The average Bonchev–Trinajstić information content (AvgIpc) is 2.75. The van der Waals surface area contributed by atoms with Gasteiger partial charge in [0.25, 0.3) is 5.91 Å². The molecule has 1 amide bonds. The molecule has 0 saturated carbocycles. The summed E-state index contributed by atoms with van der Waals surface area (Å²) in [6.45, 7) is 0. The summed E-state index contributed by atoms with van der Waals surface area (Å²) < 4.78 is 10.6. The lowest BCUT2D eigenvalue weighted by Gasteiger charge is -2.09. The van der Waals surface area contributed by atoms with E-state index in [2.05, 4.69) is 20.5 Å². The van der Waals surface area contributed by atoms with E-state index in [4.69, 9.17) is 9.47 Å². The summed E-state index contributed by atoms with van der Waals surface area (Å²) in [5.74, 6) is -0.317. The summed E-state index contributed by atoms with van der Waals surface area (Å²) in [5.41, 5.74) is 3.78. The maximum absolute atomic E-state index is 12.2. The first kappa shape index (κ1) is 18.7. The molecule has 2 heterocycles. The fourth-order valence-corrected chi connectivity index (χ4v) is 2.22. The first-order chi connectivity index (χ1) is 13.7. The molecule has 3 rings (SSSR count). The van der Waals surface area contributed by atoms with E-state index >= 15 is 0 Å². The molecule has 8 heteroatoms. The van der Waals surface area contributed by atoms with Crippen molar-refractivity contribution in [3.63, 3.8) is 0 Å². The highest BCUT2D eigenvalue weighted by Gasteiger charge is 2.12. The molecule has 2 aromatic heterocycles. The number of benzene rings is 1. The number of hydrogen-bond acceptors (Lipinski definition) is 7. The van der Waals surface area contributed by atoms with Crippen molar-refractivity contribution in [3.8, 4) is 11.5 Å². The number of amides is 1. The molecule has 0 atom stereocenters. The standard InChI is InChI=1S/C20H16N4O4/c1-27-18-10-14(11-23-24-19(25)15-4-2-8-21-12-15)6-7-17(18)28-20(26)16-5-3-9-22-13-16/h2-13H,1H3,(H,24,25). The van der Waals surface area contributed by atoms with Crippen molar-refractivity contribution in [2.45, 2.75) is 0 Å². The predicted octanol–water partition coefficient (Wildman–Crippen LogP) is 2.47. The van der Waals surface area contributed by atoms with Crippen LogP contribution in [-0.2, 0) is 0 Å². The number of nitrogens with zero attached hydrogens (tertiary/aromatic N) is 3. The van der Waals surface area contributed by atoms with Crippen molar-refractivity contribution in [1.82, 2.24) is 15.4 Å². The van der Waals surface area contributed by atoms with Crippen LogP contribution in [0.1, 0.15) is 26.3 Å². The molecule has 8 nitrogen and oxygen atoms in total. The lowest BCUT2D eigenvalue weighted by molar-refractivity contribution is 0.0729. The van der Waals surface area contributed by atoms with Crippen LogP contribution in [0.5, 0.6) is 11.5 Å². The van der Waals surface area contributed by atoms with Gasteiger partial charge >= 0.3 is 5.97 Å². The smallest absolute Gasteiger partial charge is 0.345 e. The van der Waals surface area contributed by atoms with E-state index in [1.807, 2.05) is 0 Å². The molecule has 0 spiro atoms. The van der Waals surface area contributed by atoms with Gasteiger partial charge in [-0.05, 0) is 48.0 Å². The summed E-state index contributed by atoms with van der Waals surface area (Å²) in [6, 6.07) is 11.4. The number of carbonyl (C=O) groups is 2. The molecule has 0 radical (unpaired) electrons. The van der Waals surface area contributed by atoms with Crippen LogP contribution >= 0.6 is 0 Å². The number of aromatic nitrogens is 2. The SMILES string of the molecule is COc1cc(C=NNC(=O)c2cccnc2)ccc1OC(=O)c1cccnc1. The normalized spacial score (nSPS) is 10.5. The maximum Gasteiger partial charge on any atom is 0.345 e. The molecule has 0 unspecified atom stereocenters. The van der Waals surface area contributed by atoms with Gasteiger partial charge in [0.2, 0.25) is 0 Å². The van der Waals surface area contributed by atoms with E-state index in [1.54, 1.807) is 54.9 Å². The summed E-state index contributed by atoms with van der Waals surface area (Å²) >= 11 is 0. The number of rotatable bonds is 6. The van der Waals surface area contributed by atoms with Crippen LogP contribution in [0.25, 0.3) is 0 Å². The van der Waals surface area contributed by atoms with Gasteiger partial charge in [-0.2, -0.15) is 5.10 Å². The Hall–Kier alpha value is -4.07. The van der Waals surface area contributed by atoms with Gasteiger partial charge in [0.05, 0.1) is 24.5 Å². The van der Waals surface area contributed by atoms with Crippen molar-refractivity contribution in [2.24, 2.45) is 5.10 Å². The summed E-state index contributed by atoms with van der Waals surface area (Å²) in [6.07, 6.45) is 7.46. The Labute approximate surface area is 160 Å². The minimum atomic E-state index is -0.545. The van der Waals surface area contributed by atoms with Crippen LogP contribution in [0, 0.1) is 0 Å². The zero-order valence-corrected chi connectivity index (χ0v) is 14.9. The van der Waals surface area contributed by atoms with Crippen LogP contribution in [0.3, 0.4) is 0 Å². The molecule has 0 bridgehead atoms. The molecule has 0 saturated heterocycles. The Balaban J connectivity index is 1.67. The van der Waals surface area contributed by atoms with E-state index in [-0.39, 0.29) is 11.7 Å². The molecule has 0 aliphatic rings. The number of esters is 1. The Morgan fingerprint density at radius 3 is 2.36 bits per heavy atom. The van der Waals surface area contributed by atoms with Gasteiger partial charge in [0, 0.05) is 24.8 Å². The molecular formula is C20H16N4O4. The largest absolute Gasteiger partial charge is 0.493 e. The van der Waals surface area contributed by atoms with E-state index in [0.29, 0.717) is 22.4 Å². The van der Waals surface area contributed by atoms with Crippen molar-refractivity contribution < 1.29 is 19.1 Å². The quantitative estimate of drug-likeness (QED) is 0.307. The second kappa shape index (κ2) is 9.04. The van der Waals surface area contributed by atoms with Crippen molar-refractivity contribution in [2.75, 3.05) is 7.11 Å². The maximum atomic E-state index is 12.2. The molecule has 140 valence electrons. The highest BCUT2D eigenvalue weighted by Crippen LogP contribution is 2.28. The molecule has 1 aromatic carbocycles. The van der Waals surface area contributed by atoms with Crippen LogP contribution in [-0.4, -0.2) is 35.2 Å². The molecule has 0 aliphatic heterocycles. The number of ether oxygens (including phenoxy) is 2. The van der Waals surface area contributed by atoms with Gasteiger partial charge in [0.15, 0.2) is 11.5 Å². The third-order valence-corrected chi connectivity index (χ3v) is 3.59. The van der Waals surface area contributed by atoms with Gasteiger partial charge in [-0.1, -0.05) is 0 Å². The second-order valence-electron chi connectivity index (χ2n) is 5.48. The van der Waals surface area contributed by atoms with Gasteiger partial charge in [-0.15, -0.1) is 0 Å². The first-order valence-corrected chi connectivity index (χ1v) is 8.21. The third kappa shape index (κ3) is 4.76. The Morgan fingerprint density at radius 1 is 1.00 bits per heavy atom. The third-order valence-electron chi connectivity index (χ3n) is 3.59. The van der Waals surface area contributed by atoms with Crippen LogP contribution in [0.15, 0.2) is 72.4 Å². The molecule has 1 N–H and O–H groups in total.